The Morgan fingerprint density at radius 3 is 2.89 bits per heavy atom. The van der Waals surface area contributed by atoms with Crippen LogP contribution in [0, 0.1) is 5.92 Å². The monoisotopic (exact) mass is 373 g/mol. The summed E-state index contributed by atoms with van der Waals surface area (Å²) >= 11 is 0. The Morgan fingerprint density at radius 1 is 1.18 bits per heavy atom. The molecule has 2 heterocycles. The molecule has 4 heteroatoms. The second-order valence-corrected chi connectivity index (χ2v) is 8.18. The summed E-state index contributed by atoms with van der Waals surface area (Å²) in [5.74, 6) is 1.50. The van der Waals surface area contributed by atoms with E-state index in [-0.39, 0.29) is 5.92 Å². The third-order valence-electron chi connectivity index (χ3n) is 6.53. The normalized spacial score (nSPS) is 19.4. The van der Waals surface area contributed by atoms with E-state index in [0.29, 0.717) is 5.78 Å². The predicted molar refractivity (Wildman–Crippen MR) is 112 cm³/mol. The van der Waals surface area contributed by atoms with Gasteiger partial charge in [0.05, 0.1) is 6.54 Å². The third kappa shape index (κ3) is 2.96. The first-order chi connectivity index (χ1) is 13.7. The van der Waals surface area contributed by atoms with Gasteiger partial charge in [0.1, 0.15) is 5.82 Å². The van der Waals surface area contributed by atoms with Crippen molar-refractivity contribution in [3.63, 3.8) is 0 Å². The largest absolute Gasteiger partial charge is 0.334 e. The van der Waals surface area contributed by atoms with E-state index >= 15 is 0 Å². The van der Waals surface area contributed by atoms with Crippen LogP contribution in [0.5, 0.6) is 0 Å². The Bertz CT molecular complexity index is 1030. The second kappa shape index (κ2) is 7.17. The molecule has 0 radical (unpaired) electrons. The maximum absolute atomic E-state index is 13.5. The lowest BCUT2D eigenvalue weighted by Gasteiger charge is -2.32. The fraction of sp³-hybridized carbons (Fsp3) is 0.417. The number of hydrogen-bond donors (Lipinski definition) is 0. The SMILES string of the molecule is CCn1ccnc1CN1CCCC(C(=O)c2ccc3c4c(cccc24)CC3)C1. The molecule has 3 aromatic rings. The van der Waals surface area contributed by atoms with Crippen molar-refractivity contribution in [2.75, 3.05) is 13.1 Å². The van der Waals surface area contributed by atoms with Gasteiger partial charge >= 0.3 is 0 Å². The van der Waals surface area contributed by atoms with Gasteiger partial charge in [0.15, 0.2) is 5.78 Å². The van der Waals surface area contributed by atoms with E-state index in [2.05, 4.69) is 51.7 Å². The quantitative estimate of drug-likeness (QED) is 0.628. The van der Waals surface area contributed by atoms with Crippen LogP contribution in [0.15, 0.2) is 42.7 Å². The fourth-order valence-corrected chi connectivity index (χ4v) is 5.07. The number of aromatic nitrogens is 2. The molecule has 1 aliphatic heterocycles. The number of rotatable bonds is 5. The summed E-state index contributed by atoms with van der Waals surface area (Å²) in [4.78, 5) is 20.4. The number of carbonyl (C=O) groups excluding carboxylic acids is 1. The summed E-state index contributed by atoms with van der Waals surface area (Å²) in [6, 6.07) is 10.7. The Morgan fingerprint density at radius 2 is 2.04 bits per heavy atom. The molecule has 1 aromatic heterocycles. The molecular weight excluding hydrogens is 346 g/mol. The van der Waals surface area contributed by atoms with Crippen LogP contribution in [-0.2, 0) is 25.9 Å². The van der Waals surface area contributed by atoms with E-state index in [4.69, 9.17) is 0 Å². The van der Waals surface area contributed by atoms with Gasteiger partial charge < -0.3 is 4.57 Å². The first-order valence-electron chi connectivity index (χ1n) is 10.5. The Hall–Kier alpha value is -2.46. The van der Waals surface area contributed by atoms with Crippen LogP contribution in [0.25, 0.3) is 10.8 Å². The lowest BCUT2D eigenvalue weighted by atomic mass is 9.87. The van der Waals surface area contributed by atoms with Gasteiger partial charge in [0.25, 0.3) is 0 Å². The topological polar surface area (TPSA) is 38.1 Å². The van der Waals surface area contributed by atoms with E-state index in [9.17, 15) is 4.79 Å². The molecular formula is C24H27N3O. The van der Waals surface area contributed by atoms with Crippen molar-refractivity contribution >= 4 is 16.6 Å². The number of carbonyl (C=O) groups is 1. The molecule has 0 bridgehead atoms. The van der Waals surface area contributed by atoms with Crippen LogP contribution in [0.2, 0.25) is 0 Å². The summed E-state index contributed by atoms with van der Waals surface area (Å²) in [5.41, 5.74) is 3.72. The van der Waals surface area contributed by atoms with E-state index in [1.807, 2.05) is 12.4 Å². The number of Topliss-reactive ketones (excluding diaryl/α,β-unsaturated/α-hetero) is 1. The number of aryl methyl sites for hydroxylation is 3. The van der Waals surface area contributed by atoms with Crippen molar-refractivity contribution < 1.29 is 4.79 Å². The maximum atomic E-state index is 13.5. The second-order valence-electron chi connectivity index (χ2n) is 8.18. The Kier molecular flexibility index (Phi) is 4.52. The Labute approximate surface area is 166 Å². The van der Waals surface area contributed by atoms with Crippen molar-refractivity contribution in [3.05, 3.63) is 65.2 Å². The number of likely N-dealkylation sites (tertiary alicyclic amines) is 1. The highest BCUT2D eigenvalue weighted by molar-refractivity contribution is 6.11. The molecule has 0 N–H and O–H groups in total. The van der Waals surface area contributed by atoms with Crippen LogP contribution in [0.3, 0.4) is 0 Å². The van der Waals surface area contributed by atoms with Crippen molar-refractivity contribution in [2.24, 2.45) is 5.92 Å². The summed E-state index contributed by atoms with van der Waals surface area (Å²) < 4.78 is 2.19. The lowest BCUT2D eigenvalue weighted by molar-refractivity contribution is 0.0809. The van der Waals surface area contributed by atoms with Gasteiger partial charge in [-0.05, 0) is 61.1 Å². The van der Waals surface area contributed by atoms with Crippen molar-refractivity contribution in [1.82, 2.24) is 14.5 Å². The minimum absolute atomic E-state index is 0.0808. The molecule has 28 heavy (non-hydrogen) atoms. The molecule has 1 unspecified atom stereocenters. The highest BCUT2D eigenvalue weighted by Crippen LogP contribution is 2.34. The van der Waals surface area contributed by atoms with E-state index < -0.39 is 0 Å². The molecule has 2 aliphatic rings. The first-order valence-corrected chi connectivity index (χ1v) is 10.5. The molecule has 1 atom stereocenters. The van der Waals surface area contributed by atoms with Crippen LogP contribution >= 0.6 is 0 Å². The number of imidazole rings is 1. The number of nitrogens with zero attached hydrogens (tertiary/aromatic N) is 3. The number of hydrogen-bond acceptors (Lipinski definition) is 3. The number of ketones is 1. The average Bonchev–Trinajstić information content (AvgIpc) is 3.36. The summed E-state index contributed by atoms with van der Waals surface area (Å²) in [6.07, 6.45) is 8.18. The van der Waals surface area contributed by atoms with Gasteiger partial charge in [0.2, 0.25) is 0 Å². The molecule has 144 valence electrons. The molecule has 0 amide bonds. The van der Waals surface area contributed by atoms with Gasteiger partial charge in [-0.3, -0.25) is 9.69 Å². The molecule has 4 nitrogen and oxygen atoms in total. The number of benzene rings is 2. The summed E-state index contributed by atoms with van der Waals surface area (Å²) in [5, 5.41) is 2.50. The van der Waals surface area contributed by atoms with Crippen LogP contribution < -0.4 is 0 Å². The van der Waals surface area contributed by atoms with Gasteiger partial charge in [-0.2, -0.15) is 0 Å². The van der Waals surface area contributed by atoms with Gasteiger partial charge in [-0.25, -0.2) is 4.98 Å². The lowest BCUT2D eigenvalue weighted by Crippen LogP contribution is -2.38. The zero-order valence-electron chi connectivity index (χ0n) is 16.5. The van der Waals surface area contributed by atoms with Gasteiger partial charge in [-0.1, -0.05) is 30.3 Å². The van der Waals surface area contributed by atoms with Gasteiger partial charge in [-0.15, -0.1) is 0 Å². The highest BCUT2D eigenvalue weighted by atomic mass is 16.1. The minimum Gasteiger partial charge on any atom is -0.334 e. The molecule has 0 saturated carbocycles. The first kappa shape index (κ1) is 17.6. The zero-order valence-corrected chi connectivity index (χ0v) is 16.5. The Balaban J connectivity index is 1.39. The molecule has 1 saturated heterocycles. The summed E-state index contributed by atoms with van der Waals surface area (Å²) in [6.45, 7) is 5.78. The molecule has 5 rings (SSSR count). The van der Waals surface area contributed by atoms with E-state index in [0.717, 1.165) is 68.6 Å². The number of piperidine rings is 1. The predicted octanol–water partition coefficient (Wildman–Crippen LogP) is 4.25. The van der Waals surface area contributed by atoms with Crippen molar-refractivity contribution in [2.45, 2.75) is 45.7 Å². The minimum atomic E-state index is 0.0808. The third-order valence-corrected chi connectivity index (χ3v) is 6.53. The molecule has 1 fully saturated rings. The van der Waals surface area contributed by atoms with Crippen LogP contribution in [0.4, 0.5) is 0 Å². The molecule has 2 aromatic carbocycles. The van der Waals surface area contributed by atoms with Crippen molar-refractivity contribution in [1.29, 1.82) is 0 Å². The zero-order chi connectivity index (χ0) is 19.1. The smallest absolute Gasteiger partial charge is 0.167 e. The van der Waals surface area contributed by atoms with Crippen LogP contribution in [-0.4, -0.2) is 33.3 Å². The summed E-state index contributed by atoms with van der Waals surface area (Å²) in [7, 11) is 0. The average molecular weight is 374 g/mol. The standard InChI is InChI=1S/C24H27N3O/c1-2-27-14-12-25-22(27)16-26-13-4-6-19(15-26)24(28)21-11-10-18-9-8-17-5-3-7-20(21)23(17)18/h3,5,7,10-12,14,19H,2,4,6,8-9,13,15-16H2,1H3. The highest BCUT2D eigenvalue weighted by Gasteiger charge is 2.29. The molecule has 0 spiro atoms. The van der Waals surface area contributed by atoms with E-state index in [1.165, 1.54) is 16.5 Å². The van der Waals surface area contributed by atoms with Crippen LogP contribution in [0.1, 0.15) is 47.1 Å². The van der Waals surface area contributed by atoms with Crippen molar-refractivity contribution in [3.8, 4) is 0 Å². The van der Waals surface area contributed by atoms with E-state index in [1.54, 1.807) is 0 Å². The fourth-order valence-electron chi connectivity index (χ4n) is 5.07. The van der Waals surface area contributed by atoms with Gasteiger partial charge in [0, 0.05) is 37.0 Å². The molecule has 1 aliphatic carbocycles. The maximum Gasteiger partial charge on any atom is 0.167 e.